The number of hydrogen-bond donors (Lipinski definition) is 4. The first-order valence-electron chi connectivity index (χ1n) is 11.2. The number of aromatic amines is 1. The van der Waals surface area contributed by atoms with Gasteiger partial charge >= 0.3 is 0 Å². The summed E-state index contributed by atoms with van der Waals surface area (Å²) in [7, 11) is 0. The van der Waals surface area contributed by atoms with Gasteiger partial charge in [0.2, 0.25) is 0 Å². The number of aromatic nitrogens is 2. The van der Waals surface area contributed by atoms with Crippen LogP contribution in [0.5, 0.6) is 0 Å². The molecule has 0 aliphatic rings. The maximum Gasteiger partial charge on any atom is 0.272 e. The smallest absolute Gasteiger partial charge is 0.272 e. The van der Waals surface area contributed by atoms with Gasteiger partial charge in [0.1, 0.15) is 11.5 Å². The summed E-state index contributed by atoms with van der Waals surface area (Å²) >= 11 is 0. The number of carbonyl (C=O) groups is 2. The van der Waals surface area contributed by atoms with Crippen molar-refractivity contribution >= 4 is 29.0 Å². The zero-order valence-corrected chi connectivity index (χ0v) is 19.1. The second-order valence-electron chi connectivity index (χ2n) is 8.11. The van der Waals surface area contributed by atoms with Crippen molar-refractivity contribution < 1.29 is 19.2 Å². The quantitative estimate of drug-likeness (QED) is 0.164. The summed E-state index contributed by atoms with van der Waals surface area (Å²) in [4.78, 5) is 35.4. The SMILES string of the molecule is O=C/C(=C\c1ccc(CCNC(=O)c2cc(Cc3n[nH]c(=O)c4ccccc34)ccc2F)cc1)NO. The molecular weight excluding hydrogens is 463 g/mol. The van der Waals surface area contributed by atoms with Gasteiger partial charge in [-0.05, 0) is 47.4 Å². The molecule has 3 aromatic carbocycles. The Kier molecular flexibility index (Phi) is 7.62. The van der Waals surface area contributed by atoms with E-state index in [-0.39, 0.29) is 16.8 Å². The molecule has 1 amide bonds. The van der Waals surface area contributed by atoms with Crippen LogP contribution in [0, 0.1) is 5.82 Å². The Morgan fingerprint density at radius 2 is 1.75 bits per heavy atom. The first-order valence-corrected chi connectivity index (χ1v) is 11.2. The van der Waals surface area contributed by atoms with Gasteiger partial charge in [0.25, 0.3) is 11.5 Å². The summed E-state index contributed by atoms with van der Waals surface area (Å²) in [6, 6.07) is 18.6. The number of benzene rings is 3. The van der Waals surface area contributed by atoms with E-state index >= 15 is 0 Å². The van der Waals surface area contributed by atoms with E-state index in [0.29, 0.717) is 47.7 Å². The molecule has 0 atom stereocenters. The van der Waals surface area contributed by atoms with Crippen LogP contribution in [0.2, 0.25) is 0 Å². The summed E-state index contributed by atoms with van der Waals surface area (Å²) in [5, 5.41) is 19.4. The number of amides is 1. The van der Waals surface area contributed by atoms with Crippen molar-refractivity contribution in [2.45, 2.75) is 12.8 Å². The number of fused-ring (bicyclic) bond motifs is 1. The maximum absolute atomic E-state index is 14.4. The molecule has 36 heavy (non-hydrogen) atoms. The predicted molar refractivity (Wildman–Crippen MR) is 133 cm³/mol. The lowest BCUT2D eigenvalue weighted by molar-refractivity contribution is -0.105. The minimum atomic E-state index is -0.629. The number of nitrogens with zero attached hydrogens (tertiary/aromatic N) is 1. The summed E-state index contributed by atoms with van der Waals surface area (Å²) in [5.74, 6) is -1.16. The highest BCUT2D eigenvalue weighted by molar-refractivity contribution is 5.94. The molecule has 1 heterocycles. The van der Waals surface area contributed by atoms with Gasteiger partial charge in [0.05, 0.1) is 16.6 Å². The van der Waals surface area contributed by atoms with E-state index in [1.54, 1.807) is 41.9 Å². The highest BCUT2D eigenvalue weighted by Gasteiger charge is 2.14. The van der Waals surface area contributed by atoms with E-state index in [2.05, 4.69) is 15.5 Å². The van der Waals surface area contributed by atoms with Crippen LogP contribution in [0.15, 0.2) is 77.2 Å². The molecular formula is C27H23FN4O4. The number of hydrogen-bond acceptors (Lipinski definition) is 6. The molecule has 0 aliphatic heterocycles. The molecule has 0 saturated carbocycles. The fourth-order valence-electron chi connectivity index (χ4n) is 3.82. The number of allylic oxidation sites excluding steroid dienone is 1. The van der Waals surface area contributed by atoms with Crippen molar-refractivity contribution in [3.63, 3.8) is 0 Å². The minimum Gasteiger partial charge on any atom is -0.352 e. The van der Waals surface area contributed by atoms with E-state index < -0.39 is 11.7 Å². The van der Waals surface area contributed by atoms with Crippen molar-refractivity contribution in [1.29, 1.82) is 0 Å². The molecule has 8 nitrogen and oxygen atoms in total. The number of aldehydes is 1. The Hall–Kier alpha value is -4.63. The Labute approximate surface area is 205 Å². The molecule has 0 aliphatic carbocycles. The zero-order chi connectivity index (χ0) is 25.5. The summed E-state index contributed by atoms with van der Waals surface area (Å²) in [5.41, 5.74) is 4.44. The third-order valence-electron chi connectivity index (χ3n) is 5.68. The Balaban J connectivity index is 1.41. The van der Waals surface area contributed by atoms with Gasteiger partial charge in [-0.15, -0.1) is 0 Å². The molecule has 4 rings (SSSR count). The molecule has 0 unspecified atom stereocenters. The van der Waals surface area contributed by atoms with Crippen LogP contribution in [-0.2, 0) is 17.6 Å². The standard InChI is InChI=1S/C27H23FN4O4/c28-24-10-9-19(15-25-21-3-1-2-4-22(21)27(35)31-30-25)14-23(24)26(34)29-12-11-17-5-7-18(8-6-17)13-20(16-33)32-36/h1-10,13-14,16,32,36H,11-12,15H2,(H,29,34)(H,31,35)/b20-13+. The molecule has 4 aromatic rings. The zero-order valence-electron chi connectivity index (χ0n) is 19.1. The largest absolute Gasteiger partial charge is 0.352 e. The molecule has 182 valence electrons. The van der Waals surface area contributed by atoms with E-state index in [4.69, 9.17) is 5.21 Å². The summed E-state index contributed by atoms with van der Waals surface area (Å²) < 4.78 is 14.4. The normalized spacial score (nSPS) is 11.3. The monoisotopic (exact) mass is 486 g/mol. The third-order valence-corrected chi connectivity index (χ3v) is 5.68. The molecule has 0 bridgehead atoms. The maximum atomic E-state index is 14.4. The van der Waals surface area contributed by atoms with Crippen molar-refractivity contribution in [1.82, 2.24) is 21.0 Å². The second-order valence-corrected chi connectivity index (χ2v) is 8.11. The topological polar surface area (TPSA) is 124 Å². The van der Waals surface area contributed by atoms with E-state index in [1.807, 2.05) is 18.2 Å². The van der Waals surface area contributed by atoms with Crippen molar-refractivity contribution in [2.24, 2.45) is 0 Å². The van der Waals surface area contributed by atoms with E-state index in [0.717, 1.165) is 11.1 Å². The summed E-state index contributed by atoms with van der Waals surface area (Å²) in [6.07, 6.45) is 2.82. The summed E-state index contributed by atoms with van der Waals surface area (Å²) in [6.45, 7) is 0.293. The highest BCUT2D eigenvalue weighted by atomic mass is 19.1. The van der Waals surface area contributed by atoms with Gasteiger partial charge in [0.15, 0.2) is 6.29 Å². The number of halogens is 1. The Bertz CT molecular complexity index is 1500. The number of nitrogens with one attached hydrogen (secondary N) is 3. The van der Waals surface area contributed by atoms with Crippen LogP contribution in [0.3, 0.4) is 0 Å². The average Bonchev–Trinajstić information content (AvgIpc) is 2.91. The van der Waals surface area contributed by atoms with Crippen LogP contribution in [0.25, 0.3) is 16.8 Å². The first-order chi connectivity index (χ1) is 17.5. The van der Waals surface area contributed by atoms with E-state index in [1.165, 1.54) is 18.2 Å². The molecule has 0 fully saturated rings. The average molecular weight is 487 g/mol. The lowest BCUT2D eigenvalue weighted by Crippen LogP contribution is -2.26. The molecule has 9 heteroatoms. The van der Waals surface area contributed by atoms with Gasteiger partial charge < -0.3 is 5.32 Å². The van der Waals surface area contributed by atoms with Gasteiger partial charge in [-0.2, -0.15) is 5.10 Å². The van der Waals surface area contributed by atoms with Crippen LogP contribution in [0.1, 0.15) is 32.7 Å². The van der Waals surface area contributed by atoms with Gasteiger partial charge in [-0.1, -0.05) is 48.5 Å². The minimum absolute atomic E-state index is 0.0313. The Morgan fingerprint density at radius 1 is 1.03 bits per heavy atom. The fourth-order valence-corrected chi connectivity index (χ4v) is 3.82. The van der Waals surface area contributed by atoms with Crippen LogP contribution >= 0.6 is 0 Å². The van der Waals surface area contributed by atoms with Crippen LogP contribution in [-0.4, -0.2) is 34.1 Å². The van der Waals surface area contributed by atoms with Crippen molar-refractivity contribution in [3.8, 4) is 0 Å². The molecule has 0 saturated heterocycles. The molecule has 0 radical (unpaired) electrons. The van der Waals surface area contributed by atoms with Crippen LogP contribution < -0.4 is 16.4 Å². The molecule has 4 N–H and O–H groups in total. The van der Waals surface area contributed by atoms with Crippen LogP contribution in [0.4, 0.5) is 4.39 Å². The molecule has 0 spiro atoms. The van der Waals surface area contributed by atoms with Crippen molar-refractivity contribution in [2.75, 3.05) is 6.54 Å². The number of rotatable bonds is 9. The van der Waals surface area contributed by atoms with Gasteiger partial charge in [0, 0.05) is 18.4 Å². The second kappa shape index (κ2) is 11.2. The molecule has 1 aromatic heterocycles. The van der Waals surface area contributed by atoms with E-state index in [9.17, 15) is 18.8 Å². The number of H-pyrrole nitrogens is 1. The first kappa shape index (κ1) is 24.5. The Morgan fingerprint density at radius 3 is 2.47 bits per heavy atom. The third kappa shape index (κ3) is 5.70. The van der Waals surface area contributed by atoms with Gasteiger partial charge in [-0.3, -0.25) is 25.1 Å². The highest BCUT2D eigenvalue weighted by Crippen LogP contribution is 2.18. The fraction of sp³-hybridized carbons (Fsp3) is 0.111. The van der Waals surface area contributed by atoms with Gasteiger partial charge in [-0.25, -0.2) is 9.49 Å². The lowest BCUT2D eigenvalue weighted by Gasteiger charge is -2.10. The predicted octanol–water partition coefficient (Wildman–Crippen LogP) is 3.14. The van der Waals surface area contributed by atoms with Crippen molar-refractivity contribution in [3.05, 3.63) is 117 Å². The lowest BCUT2D eigenvalue weighted by atomic mass is 10.0. The number of carbonyl (C=O) groups excluding carboxylic acids is 2. The number of hydroxylamine groups is 1.